The Morgan fingerprint density at radius 2 is 2.29 bits per heavy atom. The number of halogens is 2. The number of esters is 1. The molecule has 1 aliphatic heterocycles. The summed E-state index contributed by atoms with van der Waals surface area (Å²) in [5.41, 5.74) is 0.876. The summed E-state index contributed by atoms with van der Waals surface area (Å²) < 4.78 is 12.6. The van der Waals surface area contributed by atoms with E-state index in [1.54, 1.807) is 0 Å². The highest BCUT2D eigenvalue weighted by atomic mass is 79.9. The van der Waals surface area contributed by atoms with Gasteiger partial charge in [-0.25, -0.2) is 4.79 Å². The molecule has 1 N–H and O–H groups in total. The quantitative estimate of drug-likeness (QED) is 0.714. The van der Waals surface area contributed by atoms with E-state index in [1.165, 1.54) is 0 Å². The van der Waals surface area contributed by atoms with Crippen molar-refractivity contribution in [3.63, 3.8) is 0 Å². The molecule has 1 aromatic rings. The Kier molecular flexibility index (Phi) is 6.67. The molecule has 1 saturated heterocycles. The molecule has 1 aromatic carbocycles. The molecular weight excluding hydrogens is 402 g/mol. The van der Waals surface area contributed by atoms with Crippen LogP contribution in [0, 0.1) is 0 Å². The molecule has 2 unspecified atom stereocenters. The van der Waals surface area contributed by atoms with Gasteiger partial charge in [-0.05, 0) is 69.3 Å². The number of benzene rings is 1. The maximum absolute atomic E-state index is 12.2. The Morgan fingerprint density at radius 3 is 2.90 bits per heavy atom. The number of carbonyl (C=O) groups excluding carboxylic acids is 1. The molecular formula is C15H19Br2NO3. The molecule has 2 atom stereocenters. The van der Waals surface area contributed by atoms with Crippen molar-refractivity contribution in [2.24, 2.45) is 0 Å². The SMILES string of the molecule is CCOC(=O)C(NCC1CCCO1)c1ccc(Br)c(Br)c1. The molecule has 1 fully saturated rings. The molecule has 2 rings (SSSR count). The summed E-state index contributed by atoms with van der Waals surface area (Å²) in [6.45, 7) is 3.64. The van der Waals surface area contributed by atoms with Crippen molar-refractivity contribution < 1.29 is 14.3 Å². The summed E-state index contributed by atoms with van der Waals surface area (Å²) in [5, 5.41) is 3.27. The lowest BCUT2D eigenvalue weighted by molar-refractivity contribution is -0.146. The van der Waals surface area contributed by atoms with E-state index in [4.69, 9.17) is 9.47 Å². The second-order valence-electron chi connectivity index (χ2n) is 4.90. The van der Waals surface area contributed by atoms with Crippen molar-refractivity contribution in [2.45, 2.75) is 31.9 Å². The Hall–Kier alpha value is -0.430. The normalized spacial score (nSPS) is 19.5. The van der Waals surface area contributed by atoms with E-state index in [9.17, 15) is 4.79 Å². The zero-order chi connectivity index (χ0) is 15.2. The lowest BCUT2D eigenvalue weighted by atomic mass is 10.1. The number of rotatable bonds is 6. The minimum Gasteiger partial charge on any atom is -0.465 e. The fourth-order valence-corrected chi connectivity index (χ4v) is 2.95. The first-order chi connectivity index (χ1) is 10.1. The molecule has 0 spiro atoms. The zero-order valence-electron chi connectivity index (χ0n) is 11.9. The van der Waals surface area contributed by atoms with Crippen LogP contribution in [0.5, 0.6) is 0 Å². The third-order valence-corrected chi connectivity index (χ3v) is 5.25. The van der Waals surface area contributed by atoms with Gasteiger partial charge in [-0.1, -0.05) is 6.07 Å². The fraction of sp³-hybridized carbons (Fsp3) is 0.533. The van der Waals surface area contributed by atoms with Crippen LogP contribution in [0.15, 0.2) is 27.1 Å². The summed E-state index contributed by atoms with van der Waals surface area (Å²) in [4.78, 5) is 12.2. The summed E-state index contributed by atoms with van der Waals surface area (Å²) in [6.07, 6.45) is 2.30. The van der Waals surface area contributed by atoms with Crippen molar-refractivity contribution in [2.75, 3.05) is 19.8 Å². The van der Waals surface area contributed by atoms with Gasteiger partial charge in [0.25, 0.3) is 0 Å². The molecule has 6 heteroatoms. The molecule has 0 saturated carbocycles. The lowest BCUT2D eigenvalue weighted by Gasteiger charge is -2.20. The highest BCUT2D eigenvalue weighted by Crippen LogP contribution is 2.27. The van der Waals surface area contributed by atoms with Crippen LogP contribution in [0.25, 0.3) is 0 Å². The van der Waals surface area contributed by atoms with E-state index >= 15 is 0 Å². The Morgan fingerprint density at radius 1 is 1.48 bits per heavy atom. The van der Waals surface area contributed by atoms with Gasteiger partial charge in [0, 0.05) is 22.1 Å². The van der Waals surface area contributed by atoms with Gasteiger partial charge < -0.3 is 9.47 Å². The average Bonchev–Trinajstić information content (AvgIpc) is 2.96. The van der Waals surface area contributed by atoms with Crippen LogP contribution in [-0.4, -0.2) is 31.8 Å². The standard InChI is InChI=1S/C15H19Br2NO3/c1-2-20-15(19)14(18-9-11-4-3-7-21-11)10-5-6-12(16)13(17)8-10/h5-6,8,11,14,18H,2-4,7,9H2,1H3. The van der Waals surface area contributed by atoms with Crippen LogP contribution in [-0.2, 0) is 14.3 Å². The first kappa shape index (κ1) is 16.9. The van der Waals surface area contributed by atoms with Crippen LogP contribution in [0.1, 0.15) is 31.4 Å². The highest BCUT2D eigenvalue weighted by molar-refractivity contribution is 9.13. The van der Waals surface area contributed by atoms with Crippen molar-refractivity contribution >= 4 is 37.8 Å². The number of nitrogens with one attached hydrogen (secondary N) is 1. The minimum absolute atomic E-state index is 0.181. The van der Waals surface area contributed by atoms with Crippen molar-refractivity contribution in [1.29, 1.82) is 0 Å². The van der Waals surface area contributed by atoms with E-state index < -0.39 is 6.04 Å². The summed E-state index contributed by atoms with van der Waals surface area (Å²) >= 11 is 6.90. The smallest absolute Gasteiger partial charge is 0.327 e. The van der Waals surface area contributed by atoms with Crippen LogP contribution < -0.4 is 5.32 Å². The first-order valence-electron chi connectivity index (χ1n) is 7.08. The molecule has 0 bridgehead atoms. The second-order valence-corrected chi connectivity index (χ2v) is 6.61. The topological polar surface area (TPSA) is 47.6 Å². The molecule has 116 valence electrons. The van der Waals surface area contributed by atoms with Gasteiger partial charge in [-0.2, -0.15) is 0 Å². The van der Waals surface area contributed by atoms with Gasteiger partial charge in [0.2, 0.25) is 0 Å². The predicted octanol–water partition coefficient (Wildman–Crippen LogP) is 3.58. The van der Waals surface area contributed by atoms with Crippen LogP contribution in [0.4, 0.5) is 0 Å². The van der Waals surface area contributed by atoms with Gasteiger partial charge in [0.05, 0.1) is 12.7 Å². The van der Waals surface area contributed by atoms with Gasteiger partial charge in [0.1, 0.15) is 6.04 Å². The van der Waals surface area contributed by atoms with Crippen molar-refractivity contribution in [3.05, 3.63) is 32.7 Å². The highest BCUT2D eigenvalue weighted by Gasteiger charge is 2.24. The number of hydrogen-bond acceptors (Lipinski definition) is 4. The third kappa shape index (κ3) is 4.77. The second kappa shape index (κ2) is 8.27. The Bertz CT molecular complexity index is 490. The van der Waals surface area contributed by atoms with Gasteiger partial charge in [-0.3, -0.25) is 5.32 Å². The van der Waals surface area contributed by atoms with E-state index in [-0.39, 0.29) is 12.1 Å². The predicted molar refractivity (Wildman–Crippen MR) is 88.2 cm³/mol. The summed E-state index contributed by atoms with van der Waals surface area (Å²) in [7, 11) is 0. The van der Waals surface area contributed by atoms with Crippen LogP contribution in [0.3, 0.4) is 0 Å². The van der Waals surface area contributed by atoms with E-state index in [2.05, 4.69) is 37.2 Å². The van der Waals surface area contributed by atoms with Gasteiger partial charge in [0.15, 0.2) is 0 Å². The molecule has 0 aliphatic carbocycles. The zero-order valence-corrected chi connectivity index (χ0v) is 15.1. The Balaban J connectivity index is 2.09. The third-order valence-electron chi connectivity index (χ3n) is 3.37. The van der Waals surface area contributed by atoms with Crippen LogP contribution >= 0.6 is 31.9 Å². The molecule has 0 radical (unpaired) electrons. The molecule has 1 heterocycles. The Labute approximate surface area is 141 Å². The van der Waals surface area contributed by atoms with Crippen LogP contribution in [0.2, 0.25) is 0 Å². The fourth-order valence-electron chi connectivity index (χ4n) is 2.31. The van der Waals surface area contributed by atoms with Crippen molar-refractivity contribution in [1.82, 2.24) is 5.32 Å². The summed E-state index contributed by atoms with van der Waals surface area (Å²) in [6, 6.07) is 5.28. The van der Waals surface area contributed by atoms with E-state index in [1.807, 2.05) is 25.1 Å². The maximum atomic E-state index is 12.2. The van der Waals surface area contributed by atoms with Gasteiger partial charge >= 0.3 is 5.97 Å². The maximum Gasteiger partial charge on any atom is 0.327 e. The van der Waals surface area contributed by atoms with Crippen molar-refractivity contribution in [3.8, 4) is 0 Å². The minimum atomic E-state index is -0.474. The molecule has 21 heavy (non-hydrogen) atoms. The molecule has 1 aliphatic rings. The van der Waals surface area contributed by atoms with E-state index in [0.29, 0.717) is 13.2 Å². The van der Waals surface area contributed by atoms with E-state index in [0.717, 1.165) is 34.0 Å². The summed E-state index contributed by atoms with van der Waals surface area (Å²) in [5.74, 6) is -0.260. The number of ether oxygens (including phenoxy) is 2. The largest absolute Gasteiger partial charge is 0.465 e. The molecule has 0 aromatic heterocycles. The first-order valence-corrected chi connectivity index (χ1v) is 8.67. The average molecular weight is 421 g/mol. The van der Waals surface area contributed by atoms with Gasteiger partial charge in [-0.15, -0.1) is 0 Å². The number of carbonyl (C=O) groups is 1. The number of hydrogen-bond donors (Lipinski definition) is 1. The monoisotopic (exact) mass is 419 g/mol. The lowest BCUT2D eigenvalue weighted by Crippen LogP contribution is -2.35. The molecule has 4 nitrogen and oxygen atoms in total. The molecule has 0 amide bonds.